The summed E-state index contributed by atoms with van der Waals surface area (Å²) in [5, 5.41) is 9.58. The summed E-state index contributed by atoms with van der Waals surface area (Å²) < 4.78 is 10.6. The number of aliphatic hydroxyl groups is 1. The maximum absolute atomic E-state index is 12.2. The monoisotopic (exact) mass is 771 g/mol. The smallest absolute Gasteiger partial charge is 0.306 e. The molecule has 1 N–H and O–H groups in total. The largest absolute Gasteiger partial charge is 0.462 e. The Kier molecular flexibility index (Phi) is 42.2. The Morgan fingerprint density at radius 2 is 0.732 bits per heavy atom. The average Bonchev–Trinajstić information content (AvgIpc) is 3.20. The Labute approximate surface area is 343 Å². The lowest BCUT2D eigenvalue weighted by molar-refractivity contribution is -0.161. The fourth-order valence-electron chi connectivity index (χ4n) is 5.24. The van der Waals surface area contributed by atoms with Crippen molar-refractivity contribution in [2.75, 3.05) is 13.2 Å². The number of hydrogen-bond donors (Lipinski definition) is 1. The molecular formula is C51H78O5. The zero-order valence-electron chi connectivity index (χ0n) is 35.3. The molecule has 312 valence electrons. The van der Waals surface area contributed by atoms with E-state index in [2.05, 4.69) is 148 Å². The topological polar surface area (TPSA) is 72.8 Å². The Bertz CT molecular complexity index is 1240. The molecule has 1 atom stereocenters. The van der Waals surface area contributed by atoms with E-state index in [0.29, 0.717) is 19.3 Å². The van der Waals surface area contributed by atoms with E-state index in [4.69, 9.17) is 9.47 Å². The van der Waals surface area contributed by atoms with Crippen LogP contribution in [0, 0.1) is 0 Å². The summed E-state index contributed by atoms with van der Waals surface area (Å²) in [6.07, 6.45) is 68.1. The number of esters is 2. The summed E-state index contributed by atoms with van der Waals surface area (Å²) in [5.41, 5.74) is 0. The lowest BCUT2D eigenvalue weighted by atomic mass is 10.1. The van der Waals surface area contributed by atoms with Crippen LogP contribution in [0.4, 0.5) is 0 Å². The number of aliphatic hydroxyl groups excluding tert-OH is 1. The number of carbonyl (C=O) groups excluding carboxylic acids is 2. The van der Waals surface area contributed by atoms with E-state index in [1.165, 1.54) is 12.8 Å². The molecule has 0 aromatic rings. The predicted octanol–water partition coefficient (Wildman–Crippen LogP) is 14.2. The van der Waals surface area contributed by atoms with Crippen molar-refractivity contribution in [1.29, 1.82) is 0 Å². The van der Waals surface area contributed by atoms with E-state index in [9.17, 15) is 14.7 Å². The highest BCUT2D eigenvalue weighted by molar-refractivity contribution is 5.70. The Morgan fingerprint density at radius 3 is 1.12 bits per heavy atom. The molecule has 0 bridgehead atoms. The molecule has 0 aromatic carbocycles. The van der Waals surface area contributed by atoms with Gasteiger partial charge in [-0.2, -0.15) is 0 Å². The Morgan fingerprint density at radius 1 is 0.411 bits per heavy atom. The highest BCUT2D eigenvalue weighted by Crippen LogP contribution is 2.11. The normalized spacial score (nSPS) is 13.6. The zero-order valence-corrected chi connectivity index (χ0v) is 35.3. The van der Waals surface area contributed by atoms with Crippen LogP contribution in [0.25, 0.3) is 0 Å². The van der Waals surface area contributed by atoms with Gasteiger partial charge in [-0.05, 0) is 103 Å². The van der Waals surface area contributed by atoms with Crippen LogP contribution in [-0.4, -0.2) is 36.4 Å². The zero-order chi connectivity index (χ0) is 40.7. The van der Waals surface area contributed by atoms with Gasteiger partial charge in [0, 0.05) is 12.8 Å². The van der Waals surface area contributed by atoms with Gasteiger partial charge >= 0.3 is 11.9 Å². The molecule has 0 heterocycles. The van der Waals surface area contributed by atoms with Gasteiger partial charge in [-0.1, -0.05) is 173 Å². The molecule has 0 aliphatic carbocycles. The summed E-state index contributed by atoms with van der Waals surface area (Å²) in [4.78, 5) is 24.3. The fourth-order valence-corrected chi connectivity index (χ4v) is 5.24. The summed E-state index contributed by atoms with van der Waals surface area (Å²) in [7, 11) is 0. The van der Waals surface area contributed by atoms with Crippen LogP contribution in [0.2, 0.25) is 0 Å². The number of allylic oxidation sites excluding steroid dienone is 22. The third-order valence-corrected chi connectivity index (χ3v) is 8.44. The quantitative estimate of drug-likeness (QED) is 0.0387. The first-order chi connectivity index (χ1) is 27.6. The van der Waals surface area contributed by atoms with Crippen LogP contribution in [0.3, 0.4) is 0 Å². The van der Waals surface area contributed by atoms with Crippen molar-refractivity contribution < 1.29 is 24.2 Å². The molecule has 5 heteroatoms. The summed E-state index contributed by atoms with van der Waals surface area (Å²) in [6.45, 7) is 3.82. The fraction of sp³-hybridized carbons (Fsp3) is 0.529. The van der Waals surface area contributed by atoms with Crippen molar-refractivity contribution in [2.45, 2.75) is 161 Å². The van der Waals surface area contributed by atoms with E-state index < -0.39 is 6.10 Å². The van der Waals surface area contributed by atoms with E-state index in [-0.39, 0.29) is 25.2 Å². The third-order valence-electron chi connectivity index (χ3n) is 8.44. The summed E-state index contributed by atoms with van der Waals surface area (Å²) >= 11 is 0. The van der Waals surface area contributed by atoms with Crippen molar-refractivity contribution in [2.24, 2.45) is 0 Å². The van der Waals surface area contributed by atoms with Crippen LogP contribution in [0.15, 0.2) is 134 Å². The number of carbonyl (C=O) groups is 2. The average molecular weight is 771 g/mol. The van der Waals surface area contributed by atoms with Gasteiger partial charge in [0.1, 0.15) is 6.61 Å². The molecule has 0 aliphatic heterocycles. The molecule has 0 aliphatic rings. The molecular weight excluding hydrogens is 693 g/mol. The van der Waals surface area contributed by atoms with E-state index in [1.54, 1.807) is 0 Å². The second kappa shape index (κ2) is 45.4. The van der Waals surface area contributed by atoms with Gasteiger partial charge in [-0.15, -0.1) is 0 Å². The van der Waals surface area contributed by atoms with E-state index in [1.807, 2.05) is 0 Å². The number of unbranched alkanes of at least 4 members (excludes halogenated alkanes) is 7. The van der Waals surface area contributed by atoms with E-state index in [0.717, 1.165) is 109 Å². The summed E-state index contributed by atoms with van der Waals surface area (Å²) in [5.74, 6) is -0.691. The highest BCUT2D eigenvalue weighted by Gasteiger charge is 2.16. The third kappa shape index (κ3) is 42.8. The first-order valence-electron chi connectivity index (χ1n) is 21.7. The standard InChI is InChI=1S/C51H78O5/c1-3-5-7-9-11-13-15-17-19-21-22-23-24-25-26-27-28-30-32-34-36-38-40-42-44-46-51(54)56-49(47-52)48-55-50(53)45-43-41-39-37-35-33-31-29-20-18-16-14-12-10-8-6-4-2/h5-8,11-14,17-20,22-23,25-26,28,30-31,33,37,39,49,52H,3-4,9-10,15-16,21,24,27,29,32,34-36,38,40-48H2,1-2H3/b7-5-,8-6-,13-11-,14-12-,19-17-,20-18-,23-22-,26-25-,30-28-,33-31-,39-37-. The maximum Gasteiger partial charge on any atom is 0.306 e. The van der Waals surface area contributed by atoms with Crippen LogP contribution in [-0.2, 0) is 19.1 Å². The molecule has 0 spiro atoms. The van der Waals surface area contributed by atoms with Gasteiger partial charge in [0.15, 0.2) is 6.10 Å². The lowest BCUT2D eigenvalue weighted by Crippen LogP contribution is -2.28. The molecule has 0 fully saturated rings. The second-order valence-electron chi connectivity index (χ2n) is 13.7. The second-order valence-corrected chi connectivity index (χ2v) is 13.7. The molecule has 0 saturated carbocycles. The van der Waals surface area contributed by atoms with E-state index >= 15 is 0 Å². The van der Waals surface area contributed by atoms with Crippen molar-refractivity contribution in [3.8, 4) is 0 Å². The lowest BCUT2D eigenvalue weighted by Gasteiger charge is -2.15. The Hall–Kier alpha value is -3.96. The minimum Gasteiger partial charge on any atom is -0.462 e. The molecule has 0 saturated heterocycles. The highest BCUT2D eigenvalue weighted by atomic mass is 16.6. The minimum absolute atomic E-state index is 0.112. The van der Waals surface area contributed by atoms with Gasteiger partial charge in [0.2, 0.25) is 0 Å². The molecule has 0 aromatic heterocycles. The van der Waals surface area contributed by atoms with Crippen molar-refractivity contribution in [3.05, 3.63) is 134 Å². The number of ether oxygens (including phenoxy) is 2. The summed E-state index contributed by atoms with van der Waals surface area (Å²) in [6, 6.07) is 0. The van der Waals surface area contributed by atoms with Crippen LogP contribution in [0.1, 0.15) is 155 Å². The van der Waals surface area contributed by atoms with Crippen LogP contribution in [0.5, 0.6) is 0 Å². The maximum atomic E-state index is 12.2. The van der Waals surface area contributed by atoms with Gasteiger partial charge < -0.3 is 14.6 Å². The van der Waals surface area contributed by atoms with Gasteiger partial charge in [-0.25, -0.2) is 0 Å². The molecule has 0 radical (unpaired) electrons. The van der Waals surface area contributed by atoms with Gasteiger partial charge in [0.25, 0.3) is 0 Å². The number of hydrogen-bond acceptors (Lipinski definition) is 5. The number of rotatable bonds is 37. The van der Waals surface area contributed by atoms with Crippen LogP contribution < -0.4 is 0 Å². The first-order valence-corrected chi connectivity index (χ1v) is 21.7. The molecule has 0 rings (SSSR count). The Balaban J connectivity index is 3.72. The molecule has 5 nitrogen and oxygen atoms in total. The van der Waals surface area contributed by atoms with Gasteiger partial charge in [0.05, 0.1) is 6.61 Å². The van der Waals surface area contributed by atoms with Gasteiger partial charge in [-0.3, -0.25) is 9.59 Å². The van der Waals surface area contributed by atoms with Crippen LogP contribution >= 0.6 is 0 Å². The van der Waals surface area contributed by atoms with Crippen molar-refractivity contribution in [1.82, 2.24) is 0 Å². The minimum atomic E-state index is -0.813. The first kappa shape index (κ1) is 52.0. The molecule has 1 unspecified atom stereocenters. The molecule has 56 heavy (non-hydrogen) atoms. The molecule has 0 amide bonds. The SMILES string of the molecule is CC/C=C\C/C=C\C/C=C\C/C=C\C/C=C\C/C=C\CCCCCCCCC(=O)OC(CO)COC(=O)CCC/C=C\C/C=C\C/C=C\C/C=C\C/C=C\CC. The predicted molar refractivity (Wildman–Crippen MR) is 241 cm³/mol. The van der Waals surface area contributed by atoms with Crippen molar-refractivity contribution in [3.63, 3.8) is 0 Å². The van der Waals surface area contributed by atoms with Crippen molar-refractivity contribution >= 4 is 11.9 Å².